The Kier molecular flexibility index (Phi) is 4.07. The number of piperazine rings is 1. The van der Waals surface area contributed by atoms with Crippen molar-refractivity contribution in [2.45, 2.75) is 59.2 Å². The molecule has 0 saturated carbocycles. The second-order valence-electron chi connectivity index (χ2n) is 6.23. The molecule has 2 rings (SSSR count). The molecular weight excluding hydrogens is 270 g/mol. The van der Waals surface area contributed by atoms with Crippen LogP contribution in [0.4, 0.5) is 0 Å². The Morgan fingerprint density at radius 2 is 2.14 bits per heavy atom. The third-order valence-corrected chi connectivity index (χ3v) is 4.08. The number of nitrogens with one attached hydrogen (secondary N) is 1. The number of rotatable bonds is 4. The minimum absolute atomic E-state index is 0.0309. The van der Waals surface area contributed by atoms with E-state index in [-0.39, 0.29) is 17.7 Å². The average Bonchev–Trinajstić information content (AvgIpc) is 2.80. The smallest absolute Gasteiger partial charge is 0.249 e. The zero-order chi connectivity index (χ0) is 15.8. The Labute approximate surface area is 124 Å². The molecule has 1 aliphatic rings. The van der Waals surface area contributed by atoms with Crippen molar-refractivity contribution in [1.29, 1.82) is 0 Å². The average molecular weight is 293 g/mol. The largest absolute Gasteiger partial charge is 0.361 e. The van der Waals surface area contributed by atoms with Gasteiger partial charge in [0.15, 0.2) is 0 Å². The van der Waals surface area contributed by atoms with Crippen LogP contribution < -0.4 is 5.32 Å². The second-order valence-corrected chi connectivity index (χ2v) is 6.23. The van der Waals surface area contributed by atoms with Crippen LogP contribution in [-0.4, -0.2) is 33.5 Å². The number of nitrogens with zero attached hydrogens (tertiary/aromatic N) is 2. The number of amides is 2. The van der Waals surface area contributed by atoms with Crippen molar-refractivity contribution < 1.29 is 14.1 Å². The number of aryl methyl sites for hydroxylation is 1. The third kappa shape index (κ3) is 2.80. The molecule has 21 heavy (non-hydrogen) atoms. The highest BCUT2D eigenvalue weighted by atomic mass is 16.5. The maximum Gasteiger partial charge on any atom is 0.249 e. The summed E-state index contributed by atoms with van der Waals surface area (Å²) in [6.45, 7) is 9.64. The van der Waals surface area contributed by atoms with Gasteiger partial charge in [-0.1, -0.05) is 25.9 Å². The molecule has 1 fully saturated rings. The normalized spacial score (nSPS) is 26.4. The Hall–Kier alpha value is -1.85. The highest BCUT2D eigenvalue weighted by Gasteiger charge is 2.48. The minimum atomic E-state index is -0.846. The lowest BCUT2D eigenvalue weighted by atomic mass is 9.88. The van der Waals surface area contributed by atoms with E-state index in [4.69, 9.17) is 4.52 Å². The summed E-state index contributed by atoms with van der Waals surface area (Å²) < 4.78 is 5.05. The van der Waals surface area contributed by atoms with E-state index in [1.54, 1.807) is 24.8 Å². The van der Waals surface area contributed by atoms with Crippen molar-refractivity contribution in [2.24, 2.45) is 5.92 Å². The van der Waals surface area contributed by atoms with E-state index >= 15 is 0 Å². The molecule has 1 N–H and O–H groups in total. The van der Waals surface area contributed by atoms with Crippen LogP contribution in [0, 0.1) is 12.8 Å². The Morgan fingerprint density at radius 3 is 2.62 bits per heavy atom. The predicted molar refractivity (Wildman–Crippen MR) is 77.3 cm³/mol. The maximum absolute atomic E-state index is 12.8. The second kappa shape index (κ2) is 5.50. The molecule has 2 unspecified atom stereocenters. The van der Waals surface area contributed by atoms with Gasteiger partial charge in [0.2, 0.25) is 11.8 Å². The molecule has 6 heteroatoms. The third-order valence-electron chi connectivity index (χ3n) is 4.08. The maximum atomic E-state index is 12.8. The van der Waals surface area contributed by atoms with Gasteiger partial charge < -0.3 is 14.7 Å². The first-order valence-corrected chi connectivity index (χ1v) is 7.33. The van der Waals surface area contributed by atoms with Gasteiger partial charge in [-0.3, -0.25) is 9.59 Å². The highest BCUT2D eigenvalue weighted by molar-refractivity contribution is 5.99. The zero-order valence-corrected chi connectivity index (χ0v) is 13.3. The van der Waals surface area contributed by atoms with Gasteiger partial charge in [-0.15, -0.1) is 0 Å². The first kappa shape index (κ1) is 15.5. The van der Waals surface area contributed by atoms with E-state index in [9.17, 15) is 9.59 Å². The zero-order valence-electron chi connectivity index (χ0n) is 13.3. The molecule has 0 radical (unpaired) electrons. The monoisotopic (exact) mass is 293 g/mol. The number of carbonyl (C=O) groups is 2. The van der Waals surface area contributed by atoms with Crippen molar-refractivity contribution in [3.63, 3.8) is 0 Å². The van der Waals surface area contributed by atoms with Gasteiger partial charge >= 0.3 is 0 Å². The molecule has 116 valence electrons. The summed E-state index contributed by atoms with van der Waals surface area (Å²) in [4.78, 5) is 26.8. The van der Waals surface area contributed by atoms with E-state index in [1.807, 2.05) is 20.8 Å². The van der Waals surface area contributed by atoms with Crippen LogP contribution in [0.3, 0.4) is 0 Å². The summed E-state index contributed by atoms with van der Waals surface area (Å²) in [6, 6.07) is 1.31. The van der Waals surface area contributed by atoms with Crippen molar-refractivity contribution >= 4 is 11.8 Å². The van der Waals surface area contributed by atoms with E-state index in [2.05, 4.69) is 10.5 Å². The van der Waals surface area contributed by atoms with Crippen molar-refractivity contribution in [3.8, 4) is 0 Å². The fourth-order valence-corrected chi connectivity index (χ4v) is 2.72. The highest BCUT2D eigenvalue weighted by Crippen LogP contribution is 2.26. The Balaban J connectivity index is 2.34. The van der Waals surface area contributed by atoms with Gasteiger partial charge in [0.25, 0.3) is 0 Å². The fraction of sp³-hybridized carbons (Fsp3) is 0.667. The molecule has 0 aliphatic carbocycles. The van der Waals surface area contributed by atoms with E-state index < -0.39 is 11.6 Å². The van der Waals surface area contributed by atoms with E-state index in [0.717, 1.165) is 0 Å². The molecule has 2 amide bonds. The molecule has 1 aliphatic heterocycles. The first-order chi connectivity index (χ1) is 9.78. The molecule has 0 spiro atoms. The molecule has 0 aromatic carbocycles. The summed E-state index contributed by atoms with van der Waals surface area (Å²) in [6.07, 6.45) is 0.552. The lowest BCUT2D eigenvalue weighted by Gasteiger charge is -2.45. The minimum Gasteiger partial charge on any atom is -0.361 e. The molecule has 6 nitrogen and oxygen atoms in total. The number of carbonyl (C=O) groups excluding carboxylic acids is 2. The lowest BCUT2D eigenvalue weighted by Crippen LogP contribution is -2.69. The van der Waals surface area contributed by atoms with Crippen LogP contribution in [0.1, 0.15) is 45.6 Å². The number of hydrogen-bond acceptors (Lipinski definition) is 4. The van der Waals surface area contributed by atoms with Crippen LogP contribution in [0.2, 0.25) is 0 Å². The topological polar surface area (TPSA) is 75.4 Å². The first-order valence-electron chi connectivity index (χ1n) is 7.33. The number of hydrogen-bond donors (Lipinski definition) is 1. The summed E-state index contributed by atoms with van der Waals surface area (Å²) in [5.41, 5.74) is -0.180. The van der Waals surface area contributed by atoms with Gasteiger partial charge in [0.1, 0.15) is 23.0 Å². The van der Waals surface area contributed by atoms with Gasteiger partial charge in [-0.25, -0.2) is 0 Å². The van der Waals surface area contributed by atoms with Gasteiger partial charge in [-0.05, 0) is 26.2 Å². The summed E-state index contributed by atoms with van der Waals surface area (Å²) in [5.74, 6) is 0.555. The number of aromatic nitrogens is 1. The van der Waals surface area contributed by atoms with Gasteiger partial charge in [0, 0.05) is 6.07 Å². The van der Waals surface area contributed by atoms with Crippen LogP contribution in [0.5, 0.6) is 0 Å². The van der Waals surface area contributed by atoms with Crippen LogP contribution in [0.25, 0.3) is 0 Å². The fourth-order valence-electron chi connectivity index (χ4n) is 2.72. The molecule has 1 aromatic rings. The van der Waals surface area contributed by atoms with Gasteiger partial charge in [0.05, 0.1) is 6.54 Å². The van der Waals surface area contributed by atoms with E-state index in [1.165, 1.54) is 0 Å². The van der Waals surface area contributed by atoms with Crippen LogP contribution >= 0.6 is 0 Å². The van der Waals surface area contributed by atoms with Crippen molar-refractivity contribution in [3.05, 3.63) is 17.5 Å². The van der Waals surface area contributed by atoms with Crippen LogP contribution in [-0.2, 0) is 16.1 Å². The van der Waals surface area contributed by atoms with E-state index in [0.29, 0.717) is 24.4 Å². The Bertz CT molecular complexity index is 552. The SMILES string of the molecule is CCC1(C)NC(=O)C(C(C)C)N(Cc2cc(C)on2)C1=O. The van der Waals surface area contributed by atoms with Crippen molar-refractivity contribution in [1.82, 2.24) is 15.4 Å². The standard InChI is InChI=1S/C15H23N3O3/c1-6-15(5)14(20)18(8-11-7-10(4)21-17-11)12(9(2)3)13(19)16-15/h7,9,12H,6,8H2,1-5H3,(H,16,19). The van der Waals surface area contributed by atoms with Crippen LogP contribution in [0.15, 0.2) is 10.6 Å². The molecule has 2 atom stereocenters. The summed E-state index contributed by atoms with van der Waals surface area (Å²) >= 11 is 0. The lowest BCUT2D eigenvalue weighted by molar-refractivity contribution is -0.157. The molecule has 2 heterocycles. The predicted octanol–water partition coefficient (Wildman–Crippen LogP) is 1.63. The molecule has 1 aromatic heterocycles. The van der Waals surface area contributed by atoms with Gasteiger partial charge in [-0.2, -0.15) is 0 Å². The molecule has 0 bridgehead atoms. The summed E-state index contributed by atoms with van der Waals surface area (Å²) in [7, 11) is 0. The molecule has 1 saturated heterocycles. The summed E-state index contributed by atoms with van der Waals surface area (Å²) in [5, 5.41) is 6.81. The van der Waals surface area contributed by atoms with Crippen molar-refractivity contribution in [2.75, 3.05) is 0 Å². The molecular formula is C15H23N3O3. The Morgan fingerprint density at radius 1 is 1.48 bits per heavy atom. The quantitative estimate of drug-likeness (QED) is 0.915.